The van der Waals surface area contributed by atoms with Gasteiger partial charge < -0.3 is 19.5 Å². The van der Waals surface area contributed by atoms with Crippen molar-refractivity contribution in [2.24, 2.45) is 7.05 Å². The molecule has 28 heavy (non-hydrogen) atoms. The number of carbonyl (C=O) groups excluding carboxylic acids is 1. The van der Waals surface area contributed by atoms with Crippen LogP contribution in [0.1, 0.15) is 24.6 Å². The summed E-state index contributed by atoms with van der Waals surface area (Å²) in [5.74, 6) is 0. The molecule has 2 heterocycles. The Hall–Kier alpha value is -2.31. The Kier molecular flexibility index (Phi) is 7.51. The highest BCUT2D eigenvalue weighted by Crippen LogP contribution is 2.14. The molecule has 1 aromatic heterocycles. The predicted molar refractivity (Wildman–Crippen MR) is 113 cm³/mol. The normalized spacial score (nSPS) is 14.8. The summed E-state index contributed by atoms with van der Waals surface area (Å²) in [6.45, 7) is 8.01. The van der Waals surface area contributed by atoms with Crippen LogP contribution in [0.2, 0.25) is 0 Å². The van der Waals surface area contributed by atoms with Gasteiger partial charge in [-0.25, -0.2) is 4.79 Å². The van der Waals surface area contributed by atoms with Crippen LogP contribution in [0.25, 0.3) is 0 Å². The zero-order valence-corrected chi connectivity index (χ0v) is 17.1. The molecule has 0 bridgehead atoms. The molecular weight excluding hydrogens is 352 g/mol. The lowest BCUT2D eigenvalue weighted by Gasteiger charge is -2.28. The van der Waals surface area contributed by atoms with E-state index >= 15 is 0 Å². The average molecular weight is 385 g/mol. The van der Waals surface area contributed by atoms with Crippen molar-refractivity contribution < 1.29 is 9.53 Å². The maximum absolute atomic E-state index is 13.0. The fraction of sp³-hybridized carbons (Fsp3) is 0.500. The van der Waals surface area contributed by atoms with Crippen molar-refractivity contribution in [1.82, 2.24) is 14.4 Å². The topological polar surface area (TPSA) is 49.7 Å². The molecule has 1 fully saturated rings. The lowest BCUT2D eigenvalue weighted by atomic mass is 10.1. The van der Waals surface area contributed by atoms with Gasteiger partial charge in [0.05, 0.1) is 19.8 Å². The van der Waals surface area contributed by atoms with Gasteiger partial charge in [0.25, 0.3) is 0 Å². The molecule has 152 valence electrons. The van der Waals surface area contributed by atoms with Crippen molar-refractivity contribution in [3.8, 4) is 0 Å². The maximum atomic E-state index is 13.0. The molecule has 1 aromatic carbocycles. The molecule has 1 aliphatic heterocycles. The first-order chi connectivity index (χ1) is 13.7. The third kappa shape index (κ3) is 5.84. The Morgan fingerprint density at radius 2 is 2.04 bits per heavy atom. The van der Waals surface area contributed by atoms with Gasteiger partial charge in [-0.1, -0.05) is 19.1 Å². The van der Waals surface area contributed by atoms with Crippen molar-refractivity contribution >= 4 is 11.7 Å². The van der Waals surface area contributed by atoms with Crippen LogP contribution in [-0.2, 0) is 24.8 Å². The molecule has 1 aliphatic rings. The second-order valence-electron chi connectivity index (χ2n) is 7.32. The number of hydrogen-bond donors (Lipinski definition) is 1. The first-order valence-electron chi connectivity index (χ1n) is 10.2. The number of nitrogens with zero attached hydrogens (tertiary/aromatic N) is 3. The van der Waals surface area contributed by atoms with Gasteiger partial charge in [-0.15, -0.1) is 0 Å². The van der Waals surface area contributed by atoms with Crippen LogP contribution < -0.4 is 5.32 Å². The Morgan fingerprint density at radius 3 is 2.75 bits per heavy atom. The van der Waals surface area contributed by atoms with Crippen LogP contribution >= 0.6 is 0 Å². The van der Waals surface area contributed by atoms with Crippen LogP contribution in [0.15, 0.2) is 42.6 Å². The van der Waals surface area contributed by atoms with Crippen molar-refractivity contribution in [3.63, 3.8) is 0 Å². The van der Waals surface area contributed by atoms with Crippen molar-refractivity contribution in [1.29, 1.82) is 0 Å². The third-order valence-corrected chi connectivity index (χ3v) is 5.28. The monoisotopic (exact) mass is 384 g/mol. The number of ether oxygens (including phenoxy) is 1. The Balaban J connectivity index is 1.61. The van der Waals surface area contributed by atoms with E-state index in [4.69, 9.17) is 4.74 Å². The van der Waals surface area contributed by atoms with E-state index in [9.17, 15) is 4.79 Å². The van der Waals surface area contributed by atoms with Gasteiger partial charge in [-0.2, -0.15) is 0 Å². The van der Waals surface area contributed by atoms with Crippen LogP contribution in [0.3, 0.4) is 0 Å². The van der Waals surface area contributed by atoms with Gasteiger partial charge in [0.15, 0.2) is 0 Å². The van der Waals surface area contributed by atoms with E-state index in [0.717, 1.165) is 63.6 Å². The van der Waals surface area contributed by atoms with Gasteiger partial charge >= 0.3 is 6.03 Å². The molecule has 1 saturated heterocycles. The Morgan fingerprint density at radius 1 is 1.21 bits per heavy atom. The van der Waals surface area contributed by atoms with Gasteiger partial charge in [0, 0.05) is 50.8 Å². The summed E-state index contributed by atoms with van der Waals surface area (Å²) in [4.78, 5) is 17.3. The molecule has 0 radical (unpaired) electrons. The highest BCUT2D eigenvalue weighted by Gasteiger charge is 2.17. The second kappa shape index (κ2) is 10.3. The zero-order valence-electron chi connectivity index (χ0n) is 17.1. The summed E-state index contributed by atoms with van der Waals surface area (Å²) in [6, 6.07) is 12.1. The van der Waals surface area contributed by atoms with Gasteiger partial charge in [0.1, 0.15) is 0 Å². The number of aromatic nitrogens is 1. The van der Waals surface area contributed by atoms with E-state index in [1.54, 1.807) is 0 Å². The highest BCUT2D eigenvalue weighted by molar-refractivity contribution is 5.89. The summed E-state index contributed by atoms with van der Waals surface area (Å²) in [7, 11) is 2.02. The standard InChI is InChI=1S/C22H32N4O2/c1-3-19-7-4-8-20(17-19)23-22(27)26(18-21-9-5-10-24(21)2)12-6-11-25-13-15-28-16-14-25/h4-5,7-10,17H,3,6,11-16,18H2,1-2H3,(H,23,27). The zero-order chi connectivity index (χ0) is 19.8. The van der Waals surface area contributed by atoms with Gasteiger partial charge in [0.2, 0.25) is 0 Å². The molecule has 6 nitrogen and oxygen atoms in total. The maximum Gasteiger partial charge on any atom is 0.322 e. The molecule has 0 saturated carbocycles. The minimum Gasteiger partial charge on any atom is -0.379 e. The number of benzene rings is 1. The SMILES string of the molecule is CCc1cccc(NC(=O)N(CCCN2CCOCC2)Cc2cccn2C)c1. The molecule has 0 unspecified atom stereocenters. The van der Waals surface area contributed by atoms with E-state index in [1.807, 2.05) is 42.4 Å². The molecule has 2 amide bonds. The lowest BCUT2D eigenvalue weighted by Crippen LogP contribution is -2.40. The number of morpholine rings is 1. The van der Waals surface area contributed by atoms with Crippen LogP contribution in [0.5, 0.6) is 0 Å². The van der Waals surface area contributed by atoms with E-state index < -0.39 is 0 Å². The minimum atomic E-state index is -0.0450. The van der Waals surface area contributed by atoms with Crippen molar-refractivity contribution in [2.75, 3.05) is 44.7 Å². The molecule has 0 aliphatic carbocycles. The number of nitrogens with one attached hydrogen (secondary N) is 1. The highest BCUT2D eigenvalue weighted by atomic mass is 16.5. The van der Waals surface area contributed by atoms with E-state index in [1.165, 1.54) is 5.56 Å². The second-order valence-corrected chi connectivity index (χ2v) is 7.32. The summed E-state index contributed by atoms with van der Waals surface area (Å²) < 4.78 is 7.48. The third-order valence-electron chi connectivity index (χ3n) is 5.28. The molecule has 6 heteroatoms. The number of amides is 2. The largest absolute Gasteiger partial charge is 0.379 e. The Labute approximate surface area is 168 Å². The fourth-order valence-electron chi connectivity index (χ4n) is 3.49. The fourth-order valence-corrected chi connectivity index (χ4v) is 3.49. The molecule has 3 rings (SSSR count). The lowest BCUT2D eigenvalue weighted by molar-refractivity contribution is 0.0365. The number of anilines is 1. The molecular formula is C22H32N4O2. The number of urea groups is 1. The van der Waals surface area contributed by atoms with Crippen LogP contribution in [0.4, 0.5) is 10.5 Å². The number of rotatable bonds is 8. The summed E-state index contributed by atoms with van der Waals surface area (Å²) >= 11 is 0. The smallest absolute Gasteiger partial charge is 0.322 e. The predicted octanol–water partition coefficient (Wildman–Crippen LogP) is 3.34. The quantitative estimate of drug-likeness (QED) is 0.759. The van der Waals surface area contributed by atoms with Gasteiger partial charge in [-0.3, -0.25) is 4.90 Å². The van der Waals surface area contributed by atoms with Gasteiger partial charge in [-0.05, 0) is 42.7 Å². The molecule has 0 atom stereocenters. The van der Waals surface area contributed by atoms with Crippen LogP contribution in [-0.4, -0.2) is 59.8 Å². The van der Waals surface area contributed by atoms with E-state index in [-0.39, 0.29) is 6.03 Å². The van der Waals surface area contributed by atoms with Crippen molar-refractivity contribution in [2.45, 2.75) is 26.3 Å². The number of hydrogen-bond acceptors (Lipinski definition) is 3. The summed E-state index contributed by atoms with van der Waals surface area (Å²) in [5, 5.41) is 3.08. The minimum absolute atomic E-state index is 0.0450. The molecule has 2 aromatic rings. The summed E-state index contributed by atoms with van der Waals surface area (Å²) in [6.07, 6.45) is 3.92. The van der Waals surface area contributed by atoms with E-state index in [0.29, 0.717) is 6.54 Å². The molecule has 0 spiro atoms. The summed E-state index contributed by atoms with van der Waals surface area (Å²) in [5.41, 5.74) is 3.21. The van der Waals surface area contributed by atoms with Crippen LogP contribution in [0, 0.1) is 0 Å². The molecule has 1 N–H and O–H groups in total. The first-order valence-corrected chi connectivity index (χ1v) is 10.2. The number of aryl methyl sites for hydroxylation is 2. The Bertz CT molecular complexity index is 752. The average Bonchev–Trinajstić information content (AvgIpc) is 3.12. The number of carbonyl (C=O) groups is 1. The van der Waals surface area contributed by atoms with Crippen molar-refractivity contribution in [3.05, 3.63) is 53.9 Å². The van der Waals surface area contributed by atoms with E-state index in [2.05, 4.69) is 33.8 Å². The first kappa shape index (κ1) is 20.4.